The molecule has 0 spiro atoms. The first-order chi connectivity index (χ1) is 12.4. The molecule has 0 amide bonds. The lowest BCUT2D eigenvalue weighted by Crippen LogP contribution is -2.07. The van der Waals surface area contributed by atoms with Gasteiger partial charge in [0.15, 0.2) is 0 Å². The van der Waals surface area contributed by atoms with Crippen molar-refractivity contribution in [3.05, 3.63) is 81.3 Å². The van der Waals surface area contributed by atoms with Crippen molar-refractivity contribution in [1.82, 2.24) is 9.97 Å². The van der Waals surface area contributed by atoms with Crippen molar-refractivity contribution in [2.45, 2.75) is 33.8 Å². The molecule has 1 aromatic carbocycles. The molecule has 1 unspecified atom stereocenters. The fourth-order valence-corrected chi connectivity index (χ4v) is 3.30. The van der Waals surface area contributed by atoms with Gasteiger partial charge in [0.25, 0.3) is 0 Å². The van der Waals surface area contributed by atoms with Gasteiger partial charge >= 0.3 is 0 Å². The van der Waals surface area contributed by atoms with E-state index in [2.05, 4.69) is 9.97 Å². The molecule has 0 bridgehead atoms. The first kappa shape index (κ1) is 18.4. The minimum Gasteiger partial charge on any atom is -0.438 e. The van der Waals surface area contributed by atoms with Crippen LogP contribution in [0.25, 0.3) is 0 Å². The second-order valence-corrected chi connectivity index (χ2v) is 6.85. The van der Waals surface area contributed by atoms with Crippen LogP contribution in [0.15, 0.2) is 42.6 Å². The first-order valence-corrected chi connectivity index (χ1v) is 8.76. The van der Waals surface area contributed by atoms with Crippen LogP contribution in [0.2, 0.25) is 5.02 Å². The number of hydrogen-bond donors (Lipinski definition) is 1. The Morgan fingerprint density at radius 2 is 1.73 bits per heavy atom. The Morgan fingerprint density at radius 1 is 1.04 bits per heavy atom. The van der Waals surface area contributed by atoms with E-state index in [1.165, 1.54) is 0 Å². The van der Waals surface area contributed by atoms with E-state index >= 15 is 0 Å². The molecule has 3 aromatic rings. The molecule has 0 saturated carbocycles. The number of aromatic nitrogens is 2. The van der Waals surface area contributed by atoms with Crippen molar-refractivity contribution in [3.8, 4) is 11.6 Å². The third-order valence-corrected chi connectivity index (χ3v) is 4.50. The molecular formula is C21H21ClN2O2. The molecule has 0 aliphatic carbocycles. The van der Waals surface area contributed by atoms with Gasteiger partial charge in [0.1, 0.15) is 11.9 Å². The Hall–Kier alpha value is -2.43. The van der Waals surface area contributed by atoms with Gasteiger partial charge in [-0.05, 0) is 74.7 Å². The fraction of sp³-hybridized carbons (Fsp3) is 0.238. The standard InChI is InChI=1S/C21H21ClN2O2/c1-12-9-16(22)10-13(2)20(12)26-21-15(4)17(11-14(3)24-21)19(25)18-7-5-6-8-23-18/h5-11,19,25H,1-4H3. The summed E-state index contributed by atoms with van der Waals surface area (Å²) in [4.78, 5) is 8.77. The highest BCUT2D eigenvalue weighted by Gasteiger charge is 2.19. The molecule has 2 aromatic heterocycles. The van der Waals surface area contributed by atoms with E-state index < -0.39 is 6.10 Å². The predicted molar refractivity (Wildman–Crippen MR) is 103 cm³/mol. The Labute approximate surface area is 158 Å². The minimum absolute atomic E-state index is 0.475. The molecule has 0 radical (unpaired) electrons. The predicted octanol–water partition coefficient (Wildman–Crippen LogP) is 5.24. The van der Waals surface area contributed by atoms with Crippen molar-refractivity contribution in [3.63, 3.8) is 0 Å². The van der Waals surface area contributed by atoms with E-state index in [9.17, 15) is 5.11 Å². The van der Waals surface area contributed by atoms with E-state index in [4.69, 9.17) is 16.3 Å². The maximum Gasteiger partial charge on any atom is 0.222 e. The van der Waals surface area contributed by atoms with E-state index in [0.717, 1.165) is 33.7 Å². The lowest BCUT2D eigenvalue weighted by Gasteiger charge is -2.18. The average Bonchev–Trinajstić information content (AvgIpc) is 2.60. The average molecular weight is 369 g/mol. The van der Waals surface area contributed by atoms with E-state index in [-0.39, 0.29) is 0 Å². The van der Waals surface area contributed by atoms with Crippen LogP contribution in [0.4, 0.5) is 0 Å². The lowest BCUT2D eigenvalue weighted by atomic mass is 10.0. The van der Waals surface area contributed by atoms with Gasteiger partial charge in [0, 0.05) is 22.5 Å². The number of pyridine rings is 2. The molecule has 0 saturated heterocycles. The minimum atomic E-state index is -0.840. The summed E-state index contributed by atoms with van der Waals surface area (Å²) < 4.78 is 6.13. The molecule has 2 heterocycles. The van der Waals surface area contributed by atoms with Crippen LogP contribution in [-0.2, 0) is 0 Å². The van der Waals surface area contributed by atoms with Crippen LogP contribution < -0.4 is 4.74 Å². The van der Waals surface area contributed by atoms with E-state index in [0.29, 0.717) is 16.6 Å². The molecule has 26 heavy (non-hydrogen) atoms. The van der Waals surface area contributed by atoms with Gasteiger partial charge in [-0.15, -0.1) is 0 Å². The number of benzene rings is 1. The maximum atomic E-state index is 10.8. The number of hydrogen-bond acceptors (Lipinski definition) is 4. The molecule has 0 fully saturated rings. The third kappa shape index (κ3) is 3.71. The topological polar surface area (TPSA) is 55.2 Å². The fourth-order valence-electron chi connectivity index (χ4n) is 2.97. The summed E-state index contributed by atoms with van der Waals surface area (Å²) in [5, 5.41) is 11.4. The number of rotatable bonds is 4. The number of aryl methyl sites for hydroxylation is 3. The third-order valence-electron chi connectivity index (χ3n) is 4.28. The highest BCUT2D eigenvalue weighted by atomic mass is 35.5. The van der Waals surface area contributed by atoms with Crippen molar-refractivity contribution < 1.29 is 9.84 Å². The van der Waals surface area contributed by atoms with Crippen LogP contribution in [0.1, 0.15) is 39.7 Å². The smallest absolute Gasteiger partial charge is 0.222 e. The molecule has 1 atom stereocenters. The van der Waals surface area contributed by atoms with Gasteiger partial charge in [-0.25, -0.2) is 4.98 Å². The largest absolute Gasteiger partial charge is 0.438 e. The van der Waals surface area contributed by atoms with Crippen molar-refractivity contribution in [2.75, 3.05) is 0 Å². The van der Waals surface area contributed by atoms with Gasteiger partial charge in [-0.2, -0.15) is 0 Å². The Kier molecular flexibility index (Phi) is 5.25. The van der Waals surface area contributed by atoms with Crippen LogP contribution in [-0.4, -0.2) is 15.1 Å². The van der Waals surface area contributed by atoms with E-state index in [1.54, 1.807) is 12.3 Å². The summed E-state index contributed by atoms with van der Waals surface area (Å²) in [5.74, 6) is 1.21. The molecule has 3 rings (SSSR count). The summed E-state index contributed by atoms with van der Waals surface area (Å²) in [5.41, 5.74) is 4.73. The highest BCUT2D eigenvalue weighted by molar-refractivity contribution is 6.30. The lowest BCUT2D eigenvalue weighted by molar-refractivity contribution is 0.213. The highest BCUT2D eigenvalue weighted by Crippen LogP contribution is 2.35. The zero-order valence-electron chi connectivity index (χ0n) is 15.2. The van der Waals surface area contributed by atoms with Gasteiger partial charge in [-0.1, -0.05) is 17.7 Å². The van der Waals surface area contributed by atoms with Crippen LogP contribution >= 0.6 is 11.6 Å². The number of ether oxygens (including phenoxy) is 1. The number of aliphatic hydroxyl groups excluding tert-OH is 1. The summed E-state index contributed by atoms with van der Waals surface area (Å²) in [6.07, 6.45) is 0.826. The SMILES string of the molecule is Cc1cc(C(O)c2ccccn2)c(C)c(Oc2c(C)cc(Cl)cc2C)n1. The monoisotopic (exact) mass is 368 g/mol. The summed E-state index contributed by atoms with van der Waals surface area (Å²) in [7, 11) is 0. The van der Waals surface area contributed by atoms with Crippen molar-refractivity contribution in [2.24, 2.45) is 0 Å². The Morgan fingerprint density at radius 3 is 2.35 bits per heavy atom. The molecular weight excluding hydrogens is 348 g/mol. The quantitative estimate of drug-likeness (QED) is 0.684. The Balaban J connectivity index is 2.04. The van der Waals surface area contributed by atoms with Gasteiger partial charge < -0.3 is 9.84 Å². The molecule has 134 valence electrons. The molecule has 4 nitrogen and oxygen atoms in total. The Bertz CT molecular complexity index is 919. The van der Waals surface area contributed by atoms with Crippen LogP contribution in [0, 0.1) is 27.7 Å². The number of halogens is 1. The van der Waals surface area contributed by atoms with Gasteiger partial charge in [-0.3, -0.25) is 4.98 Å². The first-order valence-electron chi connectivity index (χ1n) is 8.38. The molecule has 5 heteroatoms. The maximum absolute atomic E-state index is 10.8. The zero-order chi connectivity index (χ0) is 18.8. The van der Waals surface area contributed by atoms with E-state index in [1.807, 2.05) is 58.0 Å². The molecule has 0 aliphatic rings. The van der Waals surface area contributed by atoms with Crippen LogP contribution in [0.3, 0.4) is 0 Å². The van der Waals surface area contributed by atoms with Crippen molar-refractivity contribution >= 4 is 11.6 Å². The molecule has 1 N–H and O–H groups in total. The van der Waals surface area contributed by atoms with Crippen LogP contribution in [0.5, 0.6) is 11.6 Å². The van der Waals surface area contributed by atoms with Crippen molar-refractivity contribution in [1.29, 1.82) is 0 Å². The van der Waals surface area contributed by atoms with Gasteiger partial charge in [0.05, 0.1) is 5.69 Å². The second kappa shape index (κ2) is 7.44. The molecule has 0 aliphatic heterocycles. The summed E-state index contributed by atoms with van der Waals surface area (Å²) in [6.45, 7) is 7.67. The summed E-state index contributed by atoms with van der Waals surface area (Å²) in [6, 6.07) is 11.1. The summed E-state index contributed by atoms with van der Waals surface area (Å²) >= 11 is 6.11. The van der Waals surface area contributed by atoms with Gasteiger partial charge in [0.2, 0.25) is 5.88 Å². The number of nitrogens with zero attached hydrogens (tertiary/aromatic N) is 2. The second-order valence-electron chi connectivity index (χ2n) is 6.41. The number of aliphatic hydroxyl groups is 1. The normalized spacial score (nSPS) is 12.1. The zero-order valence-corrected chi connectivity index (χ0v) is 16.0.